The number of rotatable bonds is 5. The minimum atomic E-state index is -4.54. The van der Waals surface area contributed by atoms with E-state index in [1.54, 1.807) is 18.5 Å². The normalized spacial score (nSPS) is 21.6. The van der Waals surface area contributed by atoms with E-state index in [2.05, 4.69) is 30.5 Å². The molecule has 5 rings (SSSR count). The molecule has 176 valence electrons. The van der Waals surface area contributed by atoms with E-state index in [9.17, 15) is 18.0 Å². The van der Waals surface area contributed by atoms with E-state index < -0.39 is 17.4 Å². The second-order valence-electron chi connectivity index (χ2n) is 8.83. The number of nitrogens with one attached hydrogen (secondary N) is 1. The van der Waals surface area contributed by atoms with E-state index in [-0.39, 0.29) is 11.7 Å². The van der Waals surface area contributed by atoms with Crippen LogP contribution in [0.3, 0.4) is 0 Å². The van der Waals surface area contributed by atoms with Crippen LogP contribution in [0.25, 0.3) is 11.4 Å². The Balaban J connectivity index is 1.40. The molecule has 34 heavy (non-hydrogen) atoms. The van der Waals surface area contributed by atoms with Crippen LogP contribution in [0.1, 0.15) is 41.1 Å². The predicted molar refractivity (Wildman–Crippen MR) is 117 cm³/mol. The monoisotopic (exact) mass is 469 g/mol. The number of pyridine rings is 1. The zero-order valence-corrected chi connectivity index (χ0v) is 18.4. The van der Waals surface area contributed by atoms with E-state index in [4.69, 9.17) is 0 Å². The maximum Gasteiger partial charge on any atom is 0.435 e. The number of amides is 1. The molecule has 2 bridgehead atoms. The lowest BCUT2D eigenvalue weighted by molar-refractivity contribution is -0.141. The molecule has 2 fully saturated rings. The first-order valence-corrected chi connectivity index (χ1v) is 11.0. The summed E-state index contributed by atoms with van der Waals surface area (Å²) in [5, 5.41) is 10.0. The van der Waals surface area contributed by atoms with Crippen LogP contribution < -0.4 is 5.32 Å². The van der Waals surface area contributed by atoms with Gasteiger partial charge in [0.2, 0.25) is 0 Å². The molecule has 1 aliphatic carbocycles. The standard InChI is InChI=1S/C23H22F3N7O/c1-14-3-4-16(20-27-9-2-10-28-20)19(30-14)21(34)33-12-15-7-8-22(33,11-15)13-29-18-6-5-17(31-32-18)23(24,25)26/h2-6,9-10,15H,7-8,11-13H2,1H3,(H,29,32). The summed E-state index contributed by atoms with van der Waals surface area (Å²) >= 11 is 0. The molecule has 1 N–H and O–H groups in total. The average molecular weight is 469 g/mol. The molecule has 1 aliphatic heterocycles. The lowest BCUT2D eigenvalue weighted by Crippen LogP contribution is -2.52. The fourth-order valence-electron chi connectivity index (χ4n) is 4.92. The average Bonchev–Trinajstić information content (AvgIpc) is 3.41. The molecule has 8 nitrogen and oxygen atoms in total. The van der Waals surface area contributed by atoms with E-state index in [0.717, 1.165) is 25.3 Å². The van der Waals surface area contributed by atoms with Crippen molar-refractivity contribution in [2.45, 2.75) is 37.9 Å². The van der Waals surface area contributed by atoms with Gasteiger partial charge in [0.25, 0.3) is 5.91 Å². The molecule has 0 aromatic carbocycles. The number of carbonyl (C=O) groups is 1. The highest BCUT2D eigenvalue weighted by Crippen LogP contribution is 2.47. The molecule has 2 atom stereocenters. The van der Waals surface area contributed by atoms with Gasteiger partial charge in [-0.2, -0.15) is 13.2 Å². The summed E-state index contributed by atoms with van der Waals surface area (Å²) in [4.78, 5) is 28.7. The molecule has 3 aromatic heterocycles. The van der Waals surface area contributed by atoms with Crippen LogP contribution >= 0.6 is 0 Å². The Morgan fingerprint density at radius 1 is 1.18 bits per heavy atom. The van der Waals surface area contributed by atoms with Crippen molar-refractivity contribution in [3.05, 3.63) is 59.8 Å². The number of hydrogen-bond acceptors (Lipinski definition) is 7. The first-order chi connectivity index (χ1) is 16.2. The maximum absolute atomic E-state index is 13.8. The highest BCUT2D eigenvalue weighted by Gasteiger charge is 2.53. The first-order valence-electron chi connectivity index (χ1n) is 11.0. The SMILES string of the molecule is Cc1ccc(-c2ncccn2)c(C(=O)N2CC3CCC2(CNc2ccc(C(F)(F)F)nn2)C3)n1. The summed E-state index contributed by atoms with van der Waals surface area (Å²) in [6.45, 7) is 2.78. The number of likely N-dealkylation sites (tertiary alicyclic amines) is 1. The second kappa shape index (κ2) is 8.30. The van der Waals surface area contributed by atoms with Gasteiger partial charge in [0, 0.05) is 31.2 Å². The summed E-state index contributed by atoms with van der Waals surface area (Å²) in [5.41, 5.74) is 0.0468. The van der Waals surface area contributed by atoms with Gasteiger partial charge in [-0.05, 0) is 62.4 Å². The molecule has 1 amide bonds. The number of fused-ring (bicyclic) bond motifs is 2. The van der Waals surface area contributed by atoms with Crippen molar-refractivity contribution in [2.24, 2.45) is 5.92 Å². The quantitative estimate of drug-likeness (QED) is 0.608. The molecule has 3 aromatic rings. The third-order valence-corrected chi connectivity index (χ3v) is 6.54. The lowest BCUT2D eigenvalue weighted by atomic mass is 9.95. The number of aromatic nitrogens is 5. The van der Waals surface area contributed by atoms with Crippen molar-refractivity contribution in [3.63, 3.8) is 0 Å². The van der Waals surface area contributed by atoms with Crippen molar-refractivity contribution >= 4 is 11.7 Å². The summed E-state index contributed by atoms with van der Waals surface area (Å²) in [6, 6.07) is 7.48. The van der Waals surface area contributed by atoms with Crippen LogP contribution in [0.5, 0.6) is 0 Å². The van der Waals surface area contributed by atoms with Crippen molar-refractivity contribution < 1.29 is 18.0 Å². The van der Waals surface area contributed by atoms with Crippen molar-refractivity contribution in [1.29, 1.82) is 0 Å². The van der Waals surface area contributed by atoms with Gasteiger partial charge in [-0.25, -0.2) is 15.0 Å². The molecule has 0 spiro atoms. The third kappa shape index (κ3) is 4.06. The Kier molecular flexibility index (Phi) is 5.41. The van der Waals surface area contributed by atoms with Crippen LogP contribution in [0, 0.1) is 12.8 Å². The van der Waals surface area contributed by atoms with Crippen LogP contribution in [0.15, 0.2) is 42.7 Å². The number of piperidine rings is 1. The number of nitrogens with zero attached hydrogens (tertiary/aromatic N) is 6. The zero-order chi connectivity index (χ0) is 23.9. The predicted octanol–water partition coefficient (Wildman–Crippen LogP) is 3.76. The fraction of sp³-hybridized carbons (Fsp3) is 0.391. The first kappa shape index (κ1) is 22.2. The van der Waals surface area contributed by atoms with E-state index in [1.165, 1.54) is 6.07 Å². The summed E-state index contributed by atoms with van der Waals surface area (Å²) in [7, 11) is 0. The van der Waals surface area contributed by atoms with Crippen molar-refractivity contribution in [3.8, 4) is 11.4 Å². The van der Waals surface area contributed by atoms with E-state index in [1.807, 2.05) is 24.0 Å². The van der Waals surface area contributed by atoms with Gasteiger partial charge >= 0.3 is 6.18 Å². The highest BCUT2D eigenvalue weighted by atomic mass is 19.4. The third-order valence-electron chi connectivity index (χ3n) is 6.54. The molecule has 2 unspecified atom stereocenters. The fourth-order valence-corrected chi connectivity index (χ4v) is 4.92. The smallest absolute Gasteiger partial charge is 0.366 e. The Morgan fingerprint density at radius 3 is 2.65 bits per heavy atom. The van der Waals surface area contributed by atoms with Gasteiger partial charge in [0.1, 0.15) is 11.5 Å². The Hall–Kier alpha value is -3.63. The molecule has 11 heteroatoms. The van der Waals surface area contributed by atoms with Gasteiger partial charge in [0.05, 0.1) is 11.1 Å². The molecule has 2 aliphatic rings. The number of carbonyl (C=O) groups excluding carboxylic acids is 1. The summed E-state index contributed by atoms with van der Waals surface area (Å²) in [6.07, 6.45) is 1.27. The van der Waals surface area contributed by atoms with Crippen molar-refractivity contribution in [2.75, 3.05) is 18.4 Å². The summed E-state index contributed by atoms with van der Waals surface area (Å²) < 4.78 is 38.3. The molecular formula is C23H22F3N7O. The largest absolute Gasteiger partial charge is 0.435 e. The topological polar surface area (TPSA) is 96.8 Å². The van der Waals surface area contributed by atoms with Crippen LogP contribution in [0.4, 0.5) is 19.0 Å². The molecule has 1 saturated heterocycles. The maximum atomic E-state index is 13.8. The van der Waals surface area contributed by atoms with Crippen molar-refractivity contribution in [1.82, 2.24) is 30.0 Å². The van der Waals surface area contributed by atoms with Gasteiger partial charge in [-0.3, -0.25) is 4.79 Å². The second-order valence-corrected chi connectivity index (χ2v) is 8.83. The van der Waals surface area contributed by atoms with Crippen LogP contribution in [-0.4, -0.2) is 54.6 Å². The van der Waals surface area contributed by atoms with Gasteiger partial charge in [0.15, 0.2) is 11.5 Å². The number of alkyl halides is 3. The number of aryl methyl sites for hydroxylation is 1. The molecule has 0 radical (unpaired) electrons. The van der Waals surface area contributed by atoms with E-state index in [0.29, 0.717) is 41.8 Å². The van der Waals surface area contributed by atoms with E-state index >= 15 is 0 Å². The minimum absolute atomic E-state index is 0.200. The van der Waals surface area contributed by atoms with Crippen LogP contribution in [-0.2, 0) is 6.18 Å². The Labute approximate surface area is 193 Å². The molecular weight excluding hydrogens is 447 g/mol. The number of hydrogen-bond donors (Lipinski definition) is 1. The zero-order valence-electron chi connectivity index (χ0n) is 18.4. The number of anilines is 1. The Morgan fingerprint density at radius 2 is 1.97 bits per heavy atom. The highest BCUT2D eigenvalue weighted by molar-refractivity contribution is 5.99. The van der Waals surface area contributed by atoms with Crippen LogP contribution in [0.2, 0.25) is 0 Å². The van der Waals surface area contributed by atoms with Gasteiger partial charge < -0.3 is 10.2 Å². The lowest BCUT2D eigenvalue weighted by Gasteiger charge is -2.39. The van der Waals surface area contributed by atoms with Gasteiger partial charge in [-0.15, -0.1) is 10.2 Å². The molecule has 1 saturated carbocycles. The van der Waals surface area contributed by atoms with Gasteiger partial charge in [-0.1, -0.05) is 0 Å². The minimum Gasteiger partial charge on any atom is -0.366 e. The number of halogens is 3. The summed E-state index contributed by atoms with van der Waals surface area (Å²) in [5.74, 6) is 0.825. The Bertz CT molecular complexity index is 1200. The molecule has 4 heterocycles.